The number of hydrogen-bond donors (Lipinski definition) is 0. The molecule has 0 aromatic carbocycles. The lowest BCUT2D eigenvalue weighted by atomic mass is 10.0. The van der Waals surface area contributed by atoms with Crippen molar-refractivity contribution in [1.82, 2.24) is 4.57 Å². The summed E-state index contributed by atoms with van der Waals surface area (Å²) in [5, 5.41) is 0. The van der Waals surface area contributed by atoms with Gasteiger partial charge in [0.15, 0.2) is 0 Å². The number of aromatic nitrogens is 1. The minimum absolute atomic E-state index is 0.111. The monoisotopic (exact) mass is 321 g/mol. The van der Waals surface area contributed by atoms with Crippen molar-refractivity contribution in [3.05, 3.63) is 18.0 Å². The lowest BCUT2D eigenvalue weighted by Crippen LogP contribution is -2.22. The fourth-order valence-electron chi connectivity index (χ4n) is 2.05. The van der Waals surface area contributed by atoms with Gasteiger partial charge >= 0.3 is 5.97 Å². The quantitative estimate of drug-likeness (QED) is 0.621. The molecule has 0 N–H and O–H groups in total. The summed E-state index contributed by atoms with van der Waals surface area (Å²) in [7, 11) is 2.96. The Labute approximate surface area is 122 Å². The van der Waals surface area contributed by atoms with E-state index in [1.165, 1.54) is 16.8 Å². The lowest BCUT2D eigenvalue weighted by molar-refractivity contribution is 0.0179. The van der Waals surface area contributed by atoms with E-state index in [1.54, 1.807) is 7.05 Å². The van der Waals surface area contributed by atoms with Crippen molar-refractivity contribution in [3.63, 3.8) is 0 Å². The van der Waals surface area contributed by atoms with Gasteiger partial charge in [0.1, 0.15) is 10.6 Å². The third kappa shape index (κ3) is 3.74. The molecule has 112 valence electrons. The molecule has 0 radical (unpaired) electrons. The van der Waals surface area contributed by atoms with Crippen molar-refractivity contribution >= 4 is 25.7 Å². The number of carbonyl (C=O) groups excluding carboxylic acids is 1. The van der Waals surface area contributed by atoms with Gasteiger partial charge in [-0.25, -0.2) is 13.2 Å². The number of hydrogen-bond acceptors (Lipinski definition) is 5. The lowest BCUT2D eigenvalue weighted by Gasteiger charge is -2.21. The molecule has 1 aromatic heterocycles. The molecule has 2 rings (SSSR count). The number of ether oxygens (including phenoxy) is 2. The van der Waals surface area contributed by atoms with E-state index in [0.29, 0.717) is 25.7 Å². The van der Waals surface area contributed by atoms with Gasteiger partial charge in [-0.3, -0.25) is 0 Å². The standard InChI is InChI=1S/C12H16ClNO5S/c1-14-7-10(20(13,16)17)6-11(14)12(15)19-8-9-2-4-18-5-3-9/h6-7,9H,2-5,8H2,1H3. The largest absolute Gasteiger partial charge is 0.461 e. The summed E-state index contributed by atoms with van der Waals surface area (Å²) >= 11 is 0. The molecular formula is C12H16ClNO5S. The van der Waals surface area contributed by atoms with Crippen molar-refractivity contribution in [3.8, 4) is 0 Å². The van der Waals surface area contributed by atoms with Gasteiger partial charge in [0.2, 0.25) is 0 Å². The van der Waals surface area contributed by atoms with Gasteiger partial charge in [0, 0.05) is 37.1 Å². The van der Waals surface area contributed by atoms with Crippen LogP contribution in [0.4, 0.5) is 0 Å². The van der Waals surface area contributed by atoms with Crippen LogP contribution in [0.2, 0.25) is 0 Å². The van der Waals surface area contributed by atoms with Crippen molar-refractivity contribution in [2.24, 2.45) is 13.0 Å². The average Bonchev–Trinajstić information content (AvgIpc) is 2.79. The van der Waals surface area contributed by atoms with Crippen LogP contribution in [-0.2, 0) is 25.6 Å². The molecule has 0 spiro atoms. The Balaban J connectivity index is 2.00. The highest BCUT2D eigenvalue weighted by Crippen LogP contribution is 2.19. The van der Waals surface area contributed by atoms with Crippen molar-refractivity contribution in [2.75, 3.05) is 19.8 Å². The summed E-state index contributed by atoms with van der Waals surface area (Å²) in [6.07, 6.45) is 3.01. The van der Waals surface area contributed by atoms with Crippen LogP contribution in [0.25, 0.3) is 0 Å². The minimum Gasteiger partial charge on any atom is -0.461 e. The van der Waals surface area contributed by atoms with Gasteiger partial charge in [0.05, 0.1) is 6.61 Å². The molecule has 1 fully saturated rings. The summed E-state index contributed by atoms with van der Waals surface area (Å²) < 4.78 is 34.3. The maximum Gasteiger partial charge on any atom is 0.354 e. The molecule has 0 atom stereocenters. The van der Waals surface area contributed by atoms with Crippen molar-refractivity contribution < 1.29 is 22.7 Å². The fourth-order valence-corrected chi connectivity index (χ4v) is 2.84. The first-order valence-electron chi connectivity index (χ1n) is 6.24. The molecule has 1 aliphatic rings. The zero-order valence-corrected chi connectivity index (χ0v) is 12.6. The molecule has 0 saturated carbocycles. The molecule has 1 saturated heterocycles. The Bertz CT molecular complexity index is 589. The molecule has 0 unspecified atom stereocenters. The second kappa shape index (κ2) is 6.15. The maximum atomic E-state index is 11.9. The molecule has 1 aliphatic heterocycles. The van der Waals surface area contributed by atoms with Gasteiger partial charge in [-0.15, -0.1) is 0 Å². The topological polar surface area (TPSA) is 74.6 Å². The molecule has 0 aliphatic carbocycles. The van der Waals surface area contributed by atoms with E-state index in [4.69, 9.17) is 20.2 Å². The van der Waals surface area contributed by atoms with Crippen molar-refractivity contribution in [1.29, 1.82) is 0 Å². The Morgan fingerprint density at radius 1 is 1.50 bits per heavy atom. The fraction of sp³-hybridized carbons (Fsp3) is 0.583. The number of halogens is 1. The van der Waals surface area contributed by atoms with E-state index in [2.05, 4.69) is 0 Å². The van der Waals surface area contributed by atoms with E-state index >= 15 is 0 Å². The average molecular weight is 322 g/mol. The summed E-state index contributed by atoms with van der Waals surface area (Å²) in [6.45, 7) is 1.68. The molecule has 0 bridgehead atoms. The van der Waals surface area contributed by atoms with E-state index in [1.807, 2.05) is 0 Å². The second-order valence-electron chi connectivity index (χ2n) is 4.76. The molecule has 8 heteroatoms. The summed E-state index contributed by atoms with van der Waals surface area (Å²) in [4.78, 5) is 11.8. The summed E-state index contributed by atoms with van der Waals surface area (Å²) in [5.41, 5.74) is 0.163. The Morgan fingerprint density at radius 2 is 2.15 bits per heavy atom. The van der Waals surface area contributed by atoms with Gasteiger partial charge in [0.25, 0.3) is 9.05 Å². The summed E-state index contributed by atoms with van der Waals surface area (Å²) in [6, 6.07) is 1.22. The van der Waals surface area contributed by atoms with Crippen LogP contribution >= 0.6 is 10.7 Å². The van der Waals surface area contributed by atoms with Crippen LogP contribution < -0.4 is 0 Å². The van der Waals surface area contributed by atoms with Crippen LogP contribution in [-0.4, -0.2) is 38.8 Å². The van der Waals surface area contributed by atoms with Gasteiger partial charge < -0.3 is 14.0 Å². The highest BCUT2D eigenvalue weighted by atomic mass is 35.7. The summed E-state index contributed by atoms with van der Waals surface area (Å²) in [5.74, 6) is -0.255. The molecular weight excluding hydrogens is 306 g/mol. The smallest absolute Gasteiger partial charge is 0.354 e. The van der Waals surface area contributed by atoms with Crippen molar-refractivity contribution in [2.45, 2.75) is 17.7 Å². The number of nitrogens with zero attached hydrogens (tertiary/aromatic N) is 1. The van der Waals surface area contributed by atoms with Crippen LogP contribution in [0.5, 0.6) is 0 Å². The zero-order valence-electron chi connectivity index (χ0n) is 11.0. The number of rotatable bonds is 4. The van der Waals surface area contributed by atoms with Crippen LogP contribution in [0.3, 0.4) is 0 Å². The first-order chi connectivity index (χ1) is 9.38. The molecule has 20 heavy (non-hydrogen) atoms. The molecule has 0 amide bonds. The van der Waals surface area contributed by atoms with Crippen LogP contribution in [0, 0.1) is 5.92 Å². The SMILES string of the molecule is Cn1cc(S(=O)(=O)Cl)cc1C(=O)OCC1CCOCC1. The number of carbonyl (C=O) groups is 1. The van der Waals surface area contributed by atoms with E-state index < -0.39 is 15.0 Å². The third-order valence-corrected chi connectivity index (χ3v) is 4.58. The highest BCUT2D eigenvalue weighted by Gasteiger charge is 2.21. The van der Waals surface area contributed by atoms with Gasteiger partial charge in [-0.1, -0.05) is 0 Å². The zero-order chi connectivity index (χ0) is 14.8. The molecule has 1 aromatic rings. The molecule has 6 nitrogen and oxygen atoms in total. The van der Waals surface area contributed by atoms with E-state index in [9.17, 15) is 13.2 Å². The third-order valence-electron chi connectivity index (χ3n) is 3.26. The Kier molecular flexibility index (Phi) is 4.72. The van der Waals surface area contributed by atoms with Crippen LogP contribution in [0.15, 0.2) is 17.2 Å². The van der Waals surface area contributed by atoms with Gasteiger partial charge in [-0.2, -0.15) is 0 Å². The number of esters is 1. The number of aryl methyl sites for hydroxylation is 1. The maximum absolute atomic E-state index is 11.9. The predicted molar refractivity (Wildman–Crippen MR) is 72.3 cm³/mol. The highest BCUT2D eigenvalue weighted by molar-refractivity contribution is 8.13. The van der Waals surface area contributed by atoms with E-state index in [-0.39, 0.29) is 10.6 Å². The minimum atomic E-state index is -3.85. The Morgan fingerprint density at radius 3 is 2.70 bits per heavy atom. The Hall–Kier alpha value is -1.05. The second-order valence-corrected chi connectivity index (χ2v) is 7.33. The normalized spacial score (nSPS) is 17.1. The first-order valence-corrected chi connectivity index (χ1v) is 8.55. The van der Waals surface area contributed by atoms with E-state index in [0.717, 1.165) is 12.8 Å². The molecule has 2 heterocycles. The predicted octanol–water partition coefficient (Wildman–Crippen LogP) is 1.54. The first kappa shape index (κ1) is 15.3. The van der Waals surface area contributed by atoms with Gasteiger partial charge in [-0.05, 0) is 24.8 Å². The van der Waals surface area contributed by atoms with Crippen LogP contribution in [0.1, 0.15) is 23.3 Å².